The van der Waals surface area contributed by atoms with Gasteiger partial charge in [-0.3, -0.25) is 9.88 Å². The van der Waals surface area contributed by atoms with Gasteiger partial charge in [0.2, 0.25) is 0 Å². The average Bonchev–Trinajstić information content (AvgIpc) is 2.42. The molecule has 1 aliphatic rings. The molecule has 1 N–H and O–H groups in total. The van der Waals surface area contributed by atoms with Crippen LogP contribution in [0.25, 0.3) is 0 Å². The standard InChI is InChI=1S/C14H22ClN3O/c1-11(2)14(18-5-7-19-8-6-18)10-17-13-3-4-16-9-12(13)15/h3-4,9,11,14H,5-8,10H2,1-2H3,(H,16,17). The van der Waals surface area contributed by atoms with Crippen LogP contribution in [-0.2, 0) is 4.74 Å². The molecular weight excluding hydrogens is 262 g/mol. The molecule has 5 heteroatoms. The van der Waals surface area contributed by atoms with Gasteiger partial charge in [0.05, 0.1) is 23.9 Å². The van der Waals surface area contributed by atoms with E-state index in [1.807, 2.05) is 6.07 Å². The number of halogens is 1. The fourth-order valence-electron chi connectivity index (χ4n) is 2.43. The van der Waals surface area contributed by atoms with Gasteiger partial charge in [-0.25, -0.2) is 0 Å². The molecule has 0 amide bonds. The van der Waals surface area contributed by atoms with Gasteiger partial charge in [0.25, 0.3) is 0 Å². The molecule has 19 heavy (non-hydrogen) atoms. The van der Waals surface area contributed by atoms with Crippen LogP contribution in [0.4, 0.5) is 5.69 Å². The minimum Gasteiger partial charge on any atom is -0.382 e. The molecule has 0 radical (unpaired) electrons. The summed E-state index contributed by atoms with van der Waals surface area (Å²) in [6.07, 6.45) is 3.43. The van der Waals surface area contributed by atoms with E-state index >= 15 is 0 Å². The molecule has 0 aromatic carbocycles. The number of pyridine rings is 1. The second kappa shape index (κ2) is 7.08. The lowest BCUT2D eigenvalue weighted by Crippen LogP contribution is -2.49. The van der Waals surface area contributed by atoms with Crippen LogP contribution in [0.15, 0.2) is 18.5 Å². The first-order chi connectivity index (χ1) is 9.18. The molecule has 1 aromatic heterocycles. The molecule has 1 saturated heterocycles. The van der Waals surface area contributed by atoms with E-state index in [1.165, 1.54) is 0 Å². The van der Waals surface area contributed by atoms with Crippen molar-refractivity contribution in [3.05, 3.63) is 23.5 Å². The van der Waals surface area contributed by atoms with Gasteiger partial charge in [-0.2, -0.15) is 0 Å². The van der Waals surface area contributed by atoms with Crippen LogP contribution >= 0.6 is 11.6 Å². The van der Waals surface area contributed by atoms with Crippen molar-refractivity contribution in [2.45, 2.75) is 19.9 Å². The van der Waals surface area contributed by atoms with E-state index < -0.39 is 0 Å². The van der Waals surface area contributed by atoms with Crippen LogP contribution < -0.4 is 5.32 Å². The highest BCUT2D eigenvalue weighted by molar-refractivity contribution is 6.33. The van der Waals surface area contributed by atoms with Gasteiger partial charge in [-0.1, -0.05) is 25.4 Å². The Morgan fingerprint density at radius 3 is 2.79 bits per heavy atom. The third-order valence-corrected chi connectivity index (χ3v) is 3.86. The molecule has 1 unspecified atom stereocenters. The first-order valence-electron chi connectivity index (χ1n) is 6.83. The predicted octanol–water partition coefficient (Wildman–Crippen LogP) is 2.50. The first-order valence-corrected chi connectivity index (χ1v) is 7.21. The third-order valence-electron chi connectivity index (χ3n) is 3.56. The lowest BCUT2D eigenvalue weighted by Gasteiger charge is -2.37. The first kappa shape index (κ1) is 14.6. The molecule has 0 bridgehead atoms. The maximum absolute atomic E-state index is 6.11. The van der Waals surface area contributed by atoms with E-state index in [4.69, 9.17) is 16.3 Å². The Labute approximate surface area is 120 Å². The van der Waals surface area contributed by atoms with Gasteiger partial charge < -0.3 is 10.1 Å². The molecular formula is C14H22ClN3O. The van der Waals surface area contributed by atoms with Gasteiger partial charge in [0, 0.05) is 38.1 Å². The fourth-order valence-corrected chi connectivity index (χ4v) is 2.61. The van der Waals surface area contributed by atoms with Crippen LogP contribution in [0, 0.1) is 5.92 Å². The van der Waals surface area contributed by atoms with Crippen molar-refractivity contribution in [1.82, 2.24) is 9.88 Å². The van der Waals surface area contributed by atoms with Crippen LogP contribution in [0.3, 0.4) is 0 Å². The SMILES string of the molecule is CC(C)C(CNc1ccncc1Cl)N1CCOCC1. The highest BCUT2D eigenvalue weighted by Gasteiger charge is 2.23. The highest BCUT2D eigenvalue weighted by Crippen LogP contribution is 2.20. The van der Waals surface area contributed by atoms with E-state index in [-0.39, 0.29) is 0 Å². The number of aromatic nitrogens is 1. The van der Waals surface area contributed by atoms with Crippen molar-refractivity contribution in [2.24, 2.45) is 5.92 Å². The topological polar surface area (TPSA) is 37.4 Å². The van der Waals surface area contributed by atoms with Crippen LogP contribution in [-0.4, -0.2) is 48.8 Å². The Morgan fingerprint density at radius 1 is 1.42 bits per heavy atom. The maximum atomic E-state index is 6.11. The maximum Gasteiger partial charge on any atom is 0.0820 e. The molecule has 1 fully saturated rings. The van der Waals surface area contributed by atoms with E-state index in [9.17, 15) is 0 Å². The second-order valence-electron chi connectivity index (χ2n) is 5.20. The van der Waals surface area contributed by atoms with Crippen molar-refractivity contribution in [3.8, 4) is 0 Å². The summed E-state index contributed by atoms with van der Waals surface area (Å²) in [4.78, 5) is 6.49. The summed E-state index contributed by atoms with van der Waals surface area (Å²) in [7, 11) is 0. The lowest BCUT2D eigenvalue weighted by molar-refractivity contribution is 0.00955. The molecule has 2 heterocycles. The van der Waals surface area contributed by atoms with Gasteiger partial charge in [0.15, 0.2) is 0 Å². The van der Waals surface area contributed by atoms with Gasteiger partial charge in [-0.15, -0.1) is 0 Å². The number of hydrogen-bond donors (Lipinski definition) is 1. The zero-order valence-corrected chi connectivity index (χ0v) is 12.4. The second-order valence-corrected chi connectivity index (χ2v) is 5.60. The zero-order chi connectivity index (χ0) is 13.7. The number of nitrogens with zero attached hydrogens (tertiary/aromatic N) is 2. The molecule has 106 valence electrons. The van der Waals surface area contributed by atoms with Crippen molar-refractivity contribution < 1.29 is 4.74 Å². The van der Waals surface area contributed by atoms with Crippen LogP contribution in [0.1, 0.15) is 13.8 Å². The van der Waals surface area contributed by atoms with Crippen LogP contribution in [0.5, 0.6) is 0 Å². The number of anilines is 1. The predicted molar refractivity (Wildman–Crippen MR) is 78.8 cm³/mol. The smallest absolute Gasteiger partial charge is 0.0820 e. The summed E-state index contributed by atoms with van der Waals surface area (Å²) in [5.74, 6) is 0.589. The number of rotatable bonds is 5. The monoisotopic (exact) mass is 283 g/mol. The number of morpholine rings is 1. The number of ether oxygens (including phenoxy) is 1. The number of nitrogens with one attached hydrogen (secondary N) is 1. The molecule has 2 rings (SSSR count). The van der Waals surface area contributed by atoms with E-state index in [2.05, 4.69) is 29.0 Å². The Kier molecular flexibility index (Phi) is 5.43. The van der Waals surface area contributed by atoms with E-state index in [0.717, 1.165) is 38.5 Å². The quantitative estimate of drug-likeness (QED) is 0.901. The van der Waals surface area contributed by atoms with E-state index in [0.29, 0.717) is 17.0 Å². The van der Waals surface area contributed by atoms with Gasteiger partial charge >= 0.3 is 0 Å². The summed E-state index contributed by atoms with van der Waals surface area (Å²) in [5.41, 5.74) is 0.954. The lowest BCUT2D eigenvalue weighted by atomic mass is 10.0. The number of hydrogen-bond acceptors (Lipinski definition) is 4. The molecule has 1 aromatic rings. The minimum absolute atomic E-state index is 0.494. The van der Waals surface area contributed by atoms with Crippen molar-refractivity contribution in [1.29, 1.82) is 0 Å². The molecule has 1 aliphatic heterocycles. The summed E-state index contributed by atoms with van der Waals surface area (Å²) in [5, 5.41) is 4.11. The van der Waals surface area contributed by atoms with Crippen molar-refractivity contribution in [2.75, 3.05) is 38.2 Å². The molecule has 0 spiro atoms. The van der Waals surface area contributed by atoms with Gasteiger partial charge in [0.1, 0.15) is 0 Å². The minimum atomic E-state index is 0.494. The Balaban J connectivity index is 1.95. The normalized spacial score (nSPS) is 18.5. The molecule has 4 nitrogen and oxygen atoms in total. The third kappa shape index (κ3) is 4.06. The van der Waals surface area contributed by atoms with Crippen LogP contribution in [0.2, 0.25) is 5.02 Å². The average molecular weight is 284 g/mol. The Hall–Kier alpha value is -0.840. The summed E-state index contributed by atoms with van der Waals surface area (Å²) < 4.78 is 5.42. The Bertz CT molecular complexity index is 394. The highest BCUT2D eigenvalue weighted by atomic mass is 35.5. The fraction of sp³-hybridized carbons (Fsp3) is 0.643. The molecule has 0 aliphatic carbocycles. The summed E-state index contributed by atoms with van der Waals surface area (Å²) in [6.45, 7) is 9.09. The summed E-state index contributed by atoms with van der Waals surface area (Å²) in [6, 6.07) is 2.41. The van der Waals surface area contributed by atoms with Crippen molar-refractivity contribution >= 4 is 17.3 Å². The van der Waals surface area contributed by atoms with E-state index in [1.54, 1.807) is 12.4 Å². The van der Waals surface area contributed by atoms with Gasteiger partial charge in [-0.05, 0) is 12.0 Å². The molecule has 1 atom stereocenters. The summed E-state index contributed by atoms with van der Waals surface area (Å²) >= 11 is 6.11. The largest absolute Gasteiger partial charge is 0.382 e. The zero-order valence-electron chi connectivity index (χ0n) is 11.6. The molecule has 0 saturated carbocycles. The van der Waals surface area contributed by atoms with Crippen molar-refractivity contribution in [3.63, 3.8) is 0 Å². The Morgan fingerprint density at radius 2 is 2.16 bits per heavy atom.